The molecule has 1 aliphatic heterocycles. The van der Waals surface area contributed by atoms with Crippen LogP contribution in [0.3, 0.4) is 0 Å². The summed E-state index contributed by atoms with van der Waals surface area (Å²) in [5.41, 5.74) is 1.13. The number of nitro groups is 1. The van der Waals surface area contributed by atoms with Crippen molar-refractivity contribution in [2.75, 3.05) is 6.61 Å². The molecular weight excluding hydrogens is 350 g/mol. The van der Waals surface area contributed by atoms with Crippen LogP contribution >= 0.6 is 0 Å². The number of ether oxygens (including phenoxy) is 2. The minimum Gasteiger partial charge on any atom is -0.457 e. The second-order valence-corrected chi connectivity index (χ2v) is 6.30. The van der Waals surface area contributed by atoms with Gasteiger partial charge in [-0.25, -0.2) is 4.68 Å². The summed E-state index contributed by atoms with van der Waals surface area (Å²) in [6.07, 6.45) is 3.50. The van der Waals surface area contributed by atoms with Gasteiger partial charge in [0.15, 0.2) is 12.5 Å². The first kappa shape index (κ1) is 17.2. The summed E-state index contributed by atoms with van der Waals surface area (Å²) in [6, 6.07) is 11.2. The van der Waals surface area contributed by atoms with Crippen molar-refractivity contribution in [3.8, 4) is 11.5 Å². The van der Waals surface area contributed by atoms with Crippen molar-refractivity contribution in [3.05, 3.63) is 58.3 Å². The Bertz CT molecular complexity index is 990. The number of aromatic nitrogens is 2. The lowest BCUT2D eigenvalue weighted by atomic mass is 10.1. The second kappa shape index (κ2) is 7.16. The van der Waals surface area contributed by atoms with Crippen molar-refractivity contribution >= 4 is 22.9 Å². The van der Waals surface area contributed by atoms with Crippen molar-refractivity contribution in [2.45, 2.75) is 25.5 Å². The van der Waals surface area contributed by atoms with Crippen molar-refractivity contribution in [1.82, 2.24) is 9.78 Å². The smallest absolute Gasteiger partial charge is 0.269 e. The summed E-state index contributed by atoms with van der Waals surface area (Å²) < 4.78 is 13.3. The van der Waals surface area contributed by atoms with Crippen LogP contribution in [0.4, 0.5) is 5.69 Å². The molecule has 2 heterocycles. The van der Waals surface area contributed by atoms with E-state index in [1.807, 2.05) is 6.07 Å². The summed E-state index contributed by atoms with van der Waals surface area (Å²) in [5.74, 6) is 0.985. The van der Waals surface area contributed by atoms with E-state index in [0.29, 0.717) is 29.2 Å². The Balaban J connectivity index is 1.65. The Morgan fingerprint density at radius 1 is 1.19 bits per heavy atom. The summed E-state index contributed by atoms with van der Waals surface area (Å²) in [5, 5.41) is 15.8. The highest BCUT2D eigenvalue weighted by Gasteiger charge is 2.21. The molecule has 0 unspecified atom stereocenters. The molecule has 8 nitrogen and oxygen atoms in total. The third-order valence-electron chi connectivity index (χ3n) is 4.53. The van der Waals surface area contributed by atoms with Crippen molar-refractivity contribution < 1.29 is 19.2 Å². The van der Waals surface area contributed by atoms with Crippen molar-refractivity contribution in [1.29, 1.82) is 0 Å². The summed E-state index contributed by atoms with van der Waals surface area (Å²) in [7, 11) is 0. The van der Waals surface area contributed by atoms with Crippen LogP contribution in [0, 0.1) is 10.1 Å². The van der Waals surface area contributed by atoms with Gasteiger partial charge in [-0.3, -0.25) is 14.9 Å². The second-order valence-electron chi connectivity index (χ2n) is 6.30. The van der Waals surface area contributed by atoms with Gasteiger partial charge in [0.05, 0.1) is 10.4 Å². The maximum Gasteiger partial charge on any atom is 0.269 e. The molecule has 0 bridgehead atoms. The number of nitrogens with zero attached hydrogens (tertiary/aromatic N) is 3. The number of hydrogen-bond donors (Lipinski definition) is 0. The summed E-state index contributed by atoms with van der Waals surface area (Å²) in [4.78, 5) is 21.7. The van der Waals surface area contributed by atoms with E-state index in [4.69, 9.17) is 9.47 Å². The molecular formula is C19H17N3O5. The molecule has 1 aromatic heterocycles. The normalized spacial score (nSPS) is 17.0. The first-order valence-electron chi connectivity index (χ1n) is 8.67. The topological polar surface area (TPSA) is 96.5 Å². The van der Waals surface area contributed by atoms with Gasteiger partial charge in [0.1, 0.15) is 17.2 Å². The summed E-state index contributed by atoms with van der Waals surface area (Å²) in [6.45, 7) is 0.684. The third kappa shape index (κ3) is 3.39. The van der Waals surface area contributed by atoms with Gasteiger partial charge in [-0.1, -0.05) is 0 Å². The van der Waals surface area contributed by atoms with E-state index in [-0.39, 0.29) is 11.9 Å². The number of carbonyl (C=O) groups excluding carboxylic acids is 1. The average Bonchev–Trinajstić information content (AvgIpc) is 3.07. The Kier molecular flexibility index (Phi) is 4.55. The monoisotopic (exact) mass is 367 g/mol. The lowest BCUT2D eigenvalue weighted by molar-refractivity contribution is -0.384. The van der Waals surface area contributed by atoms with E-state index >= 15 is 0 Å². The maximum absolute atomic E-state index is 11.5. The standard InChI is InChI=1S/C19H17N3O5/c23-12-17-16-11-15(27-14-6-4-13(5-7-14)22(24)25)8-9-18(16)21(20-17)19-3-1-2-10-26-19/h4-9,11-12,19H,1-3,10H2/t19-/m1/s1. The number of fused-ring (bicyclic) bond motifs is 1. The molecule has 1 saturated heterocycles. The molecule has 0 amide bonds. The largest absolute Gasteiger partial charge is 0.457 e. The summed E-state index contributed by atoms with van der Waals surface area (Å²) >= 11 is 0. The molecule has 3 aromatic rings. The van der Waals surface area contributed by atoms with Crippen LogP contribution in [0.5, 0.6) is 11.5 Å². The molecule has 1 atom stereocenters. The average molecular weight is 367 g/mol. The minimum atomic E-state index is -0.464. The number of aldehydes is 1. The molecule has 138 valence electrons. The molecule has 0 spiro atoms. The van der Waals surface area contributed by atoms with E-state index in [9.17, 15) is 14.9 Å². The van der Waals surface area contributed by atoms with Gasteiger partial charge in [0, 0.05) is 24.1 Å². The Labute approximate surface area is 154 Å². The maximum atomic E-state index is 11.5. The van der Waals surface area contributed by atoms with Gasteiger partial charge in [-0.15, -0.1) is 0 Å². The van der Waals surface area contributed by atoms with Crippen molar-refractivity contribution in [2.24, 2.45) is 0 Å². The highest BCUT2D eigenvalue weighted by Crippen LogP contribution is 2.31. The highest BCUT2D eigenvalue weighted by atomic mass is 16.6. The van der Waals surface area contributed by atoms with Gasteiger partial charge in [0.25, 0.3) is 5.69 Å². The van der Waals surface area contributed by atoms with Crippen LogP contribution in [0.15, 0.2) is 42.5 Å². The fourth-order valence-electron chi connectivity index (χ4n) is 3.20. The lowest BCUT2D eigenvalue weighted by Gasteiger charge is -2.23. The number of rotatable bonds is 5. The fourth-order valence-corrected chi connectivity index (χ4v) is 3.20. The molecule has 2 aromatic carbocycles. The molecule has 1 fully saturated rings. The molecule has 27 heavy (non-hydrogen) atoms. The minimum absolute atomic E-state index is 0.00481. The molecule has 0 radical (unpaired) electrons. The van der Waals surface area contributed by atoms with Crippen molar-refractivity contribution in [3.63, 3.8) is 0 Å². The zero-order valence-electron chi connectivity index (χ0n) is 14.4. The molecule has 0 aliphatic carbocycles. The van der Waals surface area contributed by atoms with Crippen LogP contribution in [0.1, 0.15) is 36.0 Å². The molecule has 0 N–H and O–H groups in total. The molecule has 1 aliphatic rings. The van der Waals surface area contributed by atoms with E-state index < -0.39 is 4.92 Å². The van der Waals surface area contributed by atoms with Gasteiger partial charge < -0.3 is 9.47 Å². The molecule has 8 heteroatoms. The Morgan fingerprint density at radius 3 is 2.63 bits per heavy atom. The number of nitro benzene ring substituents is 1. The SMILES string of the molecule is O=Cc1nn([C@H]2CCCCO2)c2ccc(Oc3ccc([N+](=O)[O-])cc3)cc12. The number of benzene rings is 2. The Morgan fingerprint density at radius 2 is 1.96 bits per heavy atom. The molecule has 0 saturated carbocycles. The Hall–Kier alpha value is -3.26. The highest BCUT2D eigenvalue weighted by molar-refractivity contribution is 5.96. The van der Waals surface area contributed by atoms with Crippen LogP contribution in [0.2, 0.25) is 0 Å². The van der Waals surface area contributed by atoms with E-state index in [0.717, 1.165) is 31.1 Å². The van der Waals surface area contributed by atoms with Gasteiger partial charge in [-0.05, 0) is 49.6 Å². The zero-order valence-corrected chi connectivity index (χ0v) is 14.4. The van der Waals surface area contributed by atoms with E-state index in [2.05, 4.69) is 5.10 Å². The first-order valence-corrected chi connectivity index (χ1v) is 8.67. The number of carbonyl (C=O) groups is 1. The van der Waals surface area contributed by atoms with Crippen LogP contribution in [0.25, 0.3) is 10.9 Å². The van der Waals surface area contributed by atoms with Crippen LogP contribution in [-0.2, 0) is 4.74 Å². The zero-order chi connectivity index (χ0) is 18.8. The van der Waals surface area contributed by atoms with Crippen LogP contribution < -0.4 is 4.74 Å². The first-order chi connectivity index (χ1) is 13.2. The van der Waals surface area contributed by atoms with Gasteiger partial charge >= 0.3 is 0 Å². The predicted molar refractivity (Wildman–Crippen MR) is 97.1 cm³/mol. The fraction of sp³-hybridized carbons (Fsp3) is 0.263. The third-order valence-corrected chi connectivity index (χ3v) is 4.53. The quantitative estimate of drug-likeness (QED) is 0.380. The molecule has 4 rings (SSSR count). The lowest BCUT2D eigenvalue weighted by Crippen LogP contribution is -2.19. The predicted octanol–water partition coefficient (Wildman–Crippen LogP) is 4.25. The van der Waals surface area contributed by atoms with Gasteiger partial charge in [0.2, 0.25) is 0 Å². The van der Waals surface area contributed by atoms with E-state index in [1.54, 1.807) is 16.8 Å². The van der Waals surface area contributed by atoms with Crippen LogP contribution in [-0.4, -0.2) is 27.6 Å². The van der Waals surface area contributed by atoms with E-state index in [1.165, 1.54) is 24.3 Å². The number of non-ortho nitro benzene ring substituents is 1. The van der Waals surface area contributed by atoms with Gasteiger partial charge in [-0.2, -0.15) is 5.10 Å². The number of hydrogen-bond acceptors (Lipinski definition) is 6.